The Morgan fingerprint density at radius 2 is 1.64 bits per heavy atom. The zero-order valence-electron chi connectivity index (χ0n) is 13.0. The summed E-state index contributed by atoms with van der Waals surface area (Å²) in [7, 11) is 0. The average Bonchev–Trinajstić information content (AvgIpc) is 2.54. The Labute approximate surface area is 132 Å². The molecule has 0 amide bonds. The van der Waals surface area contributed by atoms with Crippen molar-refractivity contribution >= 4 is 11.6 Å². The molecule has 22 heavy (non-hydrogen) atoms. The Balaban J connectivity index is 1.69. The molecule has 0 bridgehead atoms. The summed E-state index contributed by atoms with van der Waals surface area (Å²) in [5, 5.41) is 0. The normalized spacial score (nSPS) is 10.4. The Morgan fingerprint density at radius 1 is 0.864 bits per heavy atom. The maximum atomic E-state index is 12.0. The van der Waals surface area contributed by atoms with Crippen LogP contribution in [0.15, 0.2) is 54.6 Å². The van der Waals surface area contributed by atoms with Crippen molar-refractivity contribution in [3.05, 3.63) is 71.3 Å². The highest BCUT2D eigenvalue weighted by molar-refractivity contribution is 5.96. The van der Waals surface area contributed by atoms with Gasteiger partial charge in [0.1, 0.15) is 5.78 Å². The quantitative estimate of drug-likeness (QED) is 0.669. The largest absolute Gasteiger partial charge is 0.300 e. The first-order valence-electron chi connectivity index (χ1n) is 7.80. The van der Waals surface area contributed by atoms with E-state index in [2.05, 4.69) is 0 Å². The number of ketones is 2. The third kappa shape index (κ3) is 5.28. The summed E-state index contributed by atoms with van der Waals surface area (Å²) in [4.78, 5) is 23.9. The van der Waals surface area contributed by atoms with E-state index < -0.39 is 0 Å². The number of Topliss-reactive ketones (excluding diaryl/α,β-unsaturated/α-hetero) is 2. The maximum Gasteiger partial charge on any atom is 0.162 e. The van der Waals surface area contributed by atoms with Crippen molar-refractivity contribution in [3.8, 4) is 0 Å². The molecule has 2 aromatic carbocycles. The summed E-state index contributed by atoms with van der Waals surface area (Å²) in [6.45, 7) is 1.98. The van der Waals surface area contributed by atoms with Crippen molar-refractivity contribution in [1.29, 1.82) is 0 Å². The fourth-order valence-electron chi connectivity index (χ4n) is 2.46. The molecule has 0 aliphatic rings. The van der Waals surface area contributed by atoms with Crippen LogP contribution in [0.3, 0.4) is 0 Å². The van der Waals surface area contributed by atoms with Crippen LogP contribution in [0.5, 0.6) is 0 Å². The van der Waals surface area contributed by atoms with Crippen LogP contribution in [0.25, 0.3) is 0 Å². The van der Waals surface area contributed by atoms with Gasteiger partial charge < -0.3 is 0 Å². The second-order valence-electron chi connectivity index (χ2n) is 5.67. The minimum atomic E-state index is 0.125. The van der Waals surface area contributed by atoms with E-state index in [9.17, 15) is 9.59 Å². The second-order valence-corrected chi connectivity index (χ2v) is 5.67. The highest BCUT2D eigenvalue weighted by Crippen LogP contribution is 2.11. The van der Waals surface area contributed by atoms with Crippen LogP contribution in [0.2, 0.25) is 0 Å². The fraction of sp³-hybridized carbons (Fsp3) is 0.300. The minimum Gasteiger partial charge on any atom is -0.300 e. The summed E-state index contributed by atoms with van der Waals surface area (Å²) in [6, 6.07) is 17.6. The molecular formula is C20H22O2. The number of hydrogen-bond acceptors (Lipinski definition) is 2. The second kappa shape index (κ2) is 8.28. The van der Waals surface area contributed by atoms with Gasteiger partial charge in [0.25, 0.3) is 0 Å². The Bertz CT molecular complexity index is 629. The summed E-state index contributed by atoms with van der Waals surface area (Å²) in [6.07, 6.45) is 2.92. The first-order valence-corrected chi connectivity index (χ1v) is 7.80. The van der Waals surface area contributed by atoms with Crippen LogP contribution in [0, 0.1) is 6.92 Å². The smallest absolute Gasteiger partial charge is 0.162 e. The molecule has 2 aromatic rings. The predicted octanol–water partition coefficient (Wildman–Crippen LogP) is 4.55. The molecule has 0 aliphatic carbocycles. The monoisotopic (exact) mass is 294 g/mol. The van der Waals surface area contributed by atoms with Gasteiger partial charge in [0.05, 0.1) is 0 Å². The fourth-order valence-corrected chi connectivity index (χ4v) is 2.46. The van der Waals surface area contributed by atoms with Gasteiger partial charge in [-0.2, -0.15) is 0 Å². The standard InChI is InChI=1S/C20H22O2/c1-16-7-5-10-18(15-16)20(22)12-6-11-19(21)14-13-17-8-3-2-4-9-17/h2-5,7-10,15H,6,11-14H2,1H3. The van der Waals surface area contributed by atoms with E-state index in [1.54, 1.807) is 0 Å². The lowest BCUT2D eigenvalue weighted by atomic mass is 10.0. The highest BCUT2D eigenvalue weighted by atomic mass is 16.1. The Kier molecular flexibility index (Phi) is 6.08. The van der Waals surface area contributed by atoms with Gasteiger partial charge >= 0.3 is 0 Å². The van der Waals surface area contributed by atoms with Gasteiger partial charge in [-0.3, -0.25) is 9.59 Å². The van der Waals surface area contributed by atoms with E-state index in [0.29, 0.717) is 25.7 Å². The van der Waals surface area contributed by atoms with E-state index >= 15 is 0 Å². The van der Waals surface area contributed by atoms with Crippen molar-refractivity contribution in [2.45, 2.75) is 39.0 Å². The molecule has 0 saturated heterocycles. The number of benzene rings is 2. The number of carbonyl (C=O) groups is 2. The van der Waals surface area contributed by atoms with Crippen molar-refractivity contribution < 1.29 is 9.59 Å². The van der Waals surface area contributed by atoms with Gasteiger partial charge in [-0.05, 0) is 31.4 Å². The summed E-state index contributed by atoms with van der Waals surface area (Å²) in [5.74, 6) is 0.362. The zero-order valence-corrected chi connectivity index (χ0v) is 13.0. The van der Waals surface area contributed by atoms with Gasteiger partial charge in [0.2, 0.25) is 0 Å². The van der Waals surface area contributed by atoms with Gasteiger partial charge in [-0.15, -0.1) is 0 Å². The molecule has 0 unspecified atom stereocenters. The average molecular weight is 294 g/mol. The number of aryl methyl sites for hydroxylation is 2. The zero-order chi connectivity index (χ0) is 15.8. The lowest BCUT2D eigenvalue weighted by Gasteiger charge is -2.03. The van der Waals surface area contributed by atoms with Crippen molar-refractivity contribution in [3.63, 3.8) is 0 Å². The third-order valence-electron chi connectivity index (χ3n) is 3.73. The molecule has 0 spiro atoms. The molecule has 2 heteroatoms. The minimum absolute atomic E-state index is 0.125. The Hall–Kier alpha value is -2.22. The van der Waals surface area contributed by atoms with Crippen LogP contribution in [0.4, 0.5) is 0 Å². The molecule has 0 heterocycles. The van der Waals surface area contributed by atoms with E-state index in [1.807, 2.05) is 61.5 Å². The number of rotatable bonds is 8. The molecular weight excluding hydrogens is 272 g/mol. The molecule has 0 saturated carbocycles. The third-order valence-corrected chi connectivity index (χ3v) is 3.73. The van der Waals surface area contributed by atoms with E-state index in [0.717, 1.165) is 17.5 Å². The first kappa shape index (κ1) is 16.2. The number of hydrogen-bond donors (Lipinski definition) is 0. The molecule has 0 fully saturated rings. The lowest BCUT2D eigenvalue weighted by molar-refractivity contribution is -0.119. The van der Waals surface area contributed by atoms with Gasteiger partial charge in [-0.1, -0.05) is 54.1 Å². The van der Waals surface area contributed by atoms with Crippen LogP contribution in [-0.2, 0) is 11.2 Å². The van der Waals surface area contributed by atoms with Crippen LogP contribution in [-0.4, -0.2) is 11.6 Å². The van der Waals surface area contributed by atoms with E-state index in [4.69, 9.17) is 0 Å². The molecule has 0 aliphatic heterocycles. The molecule has 2 nitrogen and oxygen atoms in total. The molecule has 114 valence electrons. The first-order chi connectivity index (χ1) is 10.6. The predicted molar refractivity (Wildman–Crippen MR) is 89.1 cm³/mol. The summed E-state index contributed by atoms with van der Waals surface area (Å²) in [5.41, 5.74) is 3.02. The van der Waals surface area contributed by atoms with Crippen LogP contribution >= 0.6 is 0 Å². The van der Waals surface area contributed by atoms with Crippen molar-refractivity contribution in [2.75, 3.05) is 0 Å². The van der Waals surface area contributed by atoms with E-state index in [-0.39, 0.29) is 11.6 Å². The van der Waals surface area contributed by atoms with Gasteiger partial charge in [0, 0.05) is 24.8 Å². The highest BCUT2D eigenvalue weighted by Gasteiger charge is 2.08. The van der Waals surface area contributed by atoms with Crippen molar-refractivity contribution in [2.24, 2.45) is 0 Å². The molecule has 2 rings (SSSR count). The van der Waals surface area contributed by atoms with E-state index in [1.165, 1.54) is 5.56 Å². The molecule has 0 aromatic heterocycles. The van der Waals surface area contributed by atoms with Crippen LogP contribution < -0.4 is 0 Å². The summed E-state index contributed by atoms with van der Waals surface area (Å²) < 4.78 is 0. The maximum absolute atomic E-state index is 12.0. The van der Waals surface area contributed by atoms with Crippen LogP contribution in [0.1, 0.15) is 47.2 Å². The Morgan fingerprint density at radius 3 is 2.36 bits per heavy atom. The SMILES string of the molecule is Cc1cccc(C(=O)CCCC(=O)CCc2ccccc2)c1. The number of carbonyl (C=O) groups excluding carboxylic acids is 2. The molecule has 0 radical (unpaired) electrons. The topological polar surface area (TPSA) is 34.1 Å². The van der Waals surface area contributed by atoms with Crippen molar-refractivity contribution in [1.82, 2.24) is 0 Å². The molecule has 0 N–H and O–H groups in total. The van der Waals surface area contributed by atoms with Gasteiger partial charge in [0.15, 0.2) is 5.78 Å². The summed E-state index contributed by atoms with van der Waals surface area (Å²) >= 11 is 0. The lowest BCUT2D eigenvalue weighted by Crippen LogP contribution is -2.04. The molecule has 0 atom stereocenters. The van der Waals surface area contributed by atoms with Gasteiger partial charge in [-0.25, -0.2) is 0 Å².